The minimum Gasteiger partial charge on any atom is -0.493 e. The summed E-state index contributed by atoms with van der Waals surface area (Å²) in [4.78, 5) is 23.5. The van der Waals surface area contributed by atoms with Gasteiger partial charge in [-0.3, -0.25) is 9.59 Å². The number of hydrogen-bond donors (Lipinski definition) is 1. The second-order valence-corrected chi connectivity index (χ2v) is 6.37. The van der Waals surface area contributed by atoms with E-state index >= 15 is 0 Å². The number of aryl methyl sites for hydroxylation is 1. The van der Waals surface area contributed by atoms with Crippen molar-refractivity contribution < 1.29 is 37.1 Å². The van der Waals surface area contributed by atoms with E-state index in [2.05, 4.69) is 15.2 Å². The molecule has 0 fully saturated rings. The van der Waals surface area contributed by atoms with Crippen LogP contribution in [0.3, 0.4) is 0 Å². The molecule has 0 atom stereocenters. The zero-order chi connectivity index (χ0) is 20.5. The Morgan fingerprint density at radius 2 is 2.04 bits per heavy atom. The van der Waals surface area contributed by atoms with E-state index in [9.17, 15) is 18.4 Å². The molecule has 0 spiro atoms. The fourth-order valence-corrected chi connectivity index (χ4v) is 2.64. The quantitative estimate of drug-likeness (QED) is 0.590. The van der Waals surface area contributed by atoms with Crippen LogP contribution in [0.1, 0.15) is 11.3 Å². The first kappa shape index (κ1) is 21.5. The Hall–Kier alpha value is -2.82. The number of carbonyl (C=O) groups is 2. The lowest BCUT2D eigenvalue weighted by atomic mass is 10.2. The fourth-order valence-electron chi connectivity index (χ4n) is 2.03. The lowest BCUT2D eigenvalue weighted by Gasteiger charge is -2.11. The maximum Gasteiger partial charge on any atom is 0.387 e. The first-order chi connectivity index (χ1) is 13.4. The van der Waals surface area contributed by atoms with Crippen LogP contribution in [0, 0.1) is 6.92 Å². The summed E-state index contributed by atoms with van der Waals surface area (Å²) >= 11 is 1.07. The third-order valence-electron chi connectivity index (χ3n) is 3.19. The standard InChI is InChI=1S/C17H18F2N2O6S/c1-10-5-14(21-27-10)20-15(22)8-28-9-16(23)25-7-11-3-4-12(26-17(18)19)13(6-11)24-2/h3-6,17H,7-9H2,1-2H3,(H,20,21,22). The Labute approximate surface area is 163 Å². The predicted octanol–water partition coefficient (Wildman–Crippen LogP) is 3.01. The average molecular weight is 416 g/mol. The highest BCUT2D eigenvalue weighted by Crippen LogP contribution is 2.29. The van der Waals surface area contributed by atoms with Crippen molar-refractivity contribution in [1.82, 2.24) is 5.16 Å². The van der Waals surface area contributed by atoms with Gasteiger partial charge in [-0.05, 0) is 24.6 Å². The lowest BCUT2D eigenvalue weighted by molar-refractivity contribution is -0.141. The molecule has 1 aromatic carbocycles. The van der Waals surface area contributed by atoms with Crippen molar-refractivity contribution in [3.63, 3.8) is 0 Å². The molecule has 0 bridgehead atoms. The molecule has 0 radical (unpaired) electrons. The molecule has 28 heavy (non-hydrogen) atoms. The van der Waals surface area contributed by atoms with E-state index in [-0.39, 0.29) is 35.5 Å². The number of amides is 1. The Bertz CT molecular complexity index is 815. The van der Waals surface area contributed by atoms with E-state index in [1.54, 1.807) is 13.0 Å². The number of methoxy groups -OCH3 is 1. The fraction of sp³-hybridized carbons (Fsp3) is 0.353. The molecule has 11 heteroatoms. The Kier molecular flexibility index (Phi) is 8.05. The monoisotopic (exact) mass is 416 g/mol. The highest BCUT2D eigenvalue weighted by molar-refractivity contribution is 8.00. The molecule has 2 aromatic rings. The van der Waals surface area contributed by atoms with E-state index in [0.717, 1.165) is 11.8 Å². The van der Waals surface area contributed by atoms with Gasteiger partial charge in [0, 0.05) is 6.07 Å². The van der Waals surface area contributed by atoms with E-state index in [1.165, 1.54) is 25.3 Å². The number of hydrogen-bond acceptors (Lipinski definition) is 8. The number of nitrogens with one attached hydrogen (secondary N) is 1. The van der Waals surface area contributed by atoms with Crippen molar-refractivity contribution >= 4 is 29.5 Å². The van der Waals surface area contributed by atoms with Gasteiger partial charge in [0.2, 0.25) is 5.91 Å². The van der Waals surface area contributed by atoms with Crippen LogP contribution in [-0.2, 0) is 20.9 Å². The van der Waals surface area contributed by atoms with Gasteiger partial charge in [0.25, 0.3) is 0 Å². The van der Waals surface area contributed by atoms with Crippen molar-refractivity contribution in [3.05, 3.63) is 35.6 Å². The molecule has 152 valence electrons. The molecule has 1 heterocycles. The number of anilines is 1. The average Bonchev–Trinajstić information content (AvgIpc) is 3.05. The van der Waals surface area contributed by atoms with Gasteiger partial charge in [0.05, 0.1) is 18.6 Å². The summed E-state index contributed by atoms with van der Waals surface area (Å²) in [6.45, 7) is -1.35. The second-order valence-electron chi connectivity index (χ2n) is 5.39. The predicted molar refractivity (Wildman–Crippen MR) is 96.6 cm³/mol. The van der Waals surface area contributed by atoms with E-state index in [0.29, 0.717) is 17.1 Å². The van der Waals surface area contributed by atoms with Gasteiger partial charge < -0.3 is 24.1 Å². The summed E-state index contributed by atoms with van der Waals surface area (Å²) in [5, 5.41) is 6.16. The normalized spacial score (nSPS) is 10.6. The molecule has 0 aliphatic heterocycles. The van der Waals surface area contributed by atoms with Crippen molar-refractivity contribution in [1.29, 1.82) is 0 Å². The van der Waals surface area contributed by atoms with Crippen LogP contribution in [0.25, 0.3) is 0 Å². The number of halogens is 2. The van der Waals surface area contributed by atoms with Gasteiger partial charge >= 0.3 is 12.6 Å². The minimum atomic E-state index is -2.97. The third kappa shape index (κ3) is 7.06. The van der Waals surface area contributed by atoms with Gasteiger partial charge in [-0.25, -0.2) is 0 Å². The van der Waals surface area contributed by atoms with Gasteiger partial charge in [0.15, 0.2) is 17.3 Å². The van der Waals surface area contributed by atoms with Crippen molar-refractivity contribution in [3.8, 4) is 11.5 Å². The zero-order valence-electron chi connectivity index (χ0n) is 15.1. The maximum atomic E-state index is 12.3. The molecule has 1 N–H and O–H groups in total. The highest BCUT2D eigenvalue weighted by Gasteiger charge is 2.13. The van der Waals surface area contributed by atoms with Crippen molar-refractivity contribution in [2.24, 2.45) is 0 Å². The number of thioether (sulfide) groups is 1. The number of aromatic nitrogens is 1. The van der Waals surface area contributed by atoms with Crippen LogP contribution >= 0.6 is 11.8 Å². The summed E-state index contributed by atoms with van der Waals surface area (Å²) in [5.41, 5.74) is 0.538. The molecule has 8 nitrogen and oxygen atoms in total. The molecule has 0 saturated carbocycles. The number of carbonyl (C=O) groups excluding carboxylic acids is 2. The molecule has 1 amide bonds. The molecular weight excluding hydrogens is 398 g/mol. The number of ether oxygens (including phenoxy) is 3. The smallest absolute Gasteiger partial charge is 0.387 e. The maximum absolute atomic E-state index is 12.3. The highest BCUT2D eigenvalue weighted by atomic mass is 32.2. The third-order valence-corrected chi connectivity index (χ3v) is 4.10. The number of nitrogens with zero attached hydrogens (tertiary/aromatic N) is 1. The summed E-state index contributed by atoms with van der Waals surface area (Å²) in [5.74, 6) is 0.00594. The summed E-state index contributed by atoms with van der Waals surface area (Å²) in [7, 11) is 1.31. The summed E-state index contributed by atoms with van der Waals surface area (Å²) in [6, 6.07) is 5.79. The van der Waals surface area contributed by atoms with Crippen LogP contribution in [0.15, 0.2) is 28.8 Å². The molecule has 0 unspecified atom stereocenters. The van der Waals surface area contributed by atoms with E-state index in [1.807, 2.05) is 0 Å². The summed E-state index contributed by atoms with van der Waals surface area (Å²) < 4.78 is 43.8. The molecule has 0 saturated heterocycles. The van der Waals surface area contributed by atoms with Gasteiger partial charge in [-0.15, -0.1) is 11.8 Å². The largest absolute Gasteiger partial charge is 0.493 e. The molecule has 0 aliphatic carbocycles. The lowest BCUT2D eigenvalue weighted by Crippen LogP contribution is -2.16. The Balaban J connectivity index is 1.72. The van der Waals surface area contributed by atoms with Crippen molar-refractivity contribution in [2.75, 3.05) is 23.9 Å². The van der Waals surface area contributed by atoms with Gasteiger partial charge in [-0.1, -0.05) is 11.2 Å². The van der Waals surface area contributed by atoms with Gasteiger partial charge in [-0.2, -0.15) is 8.78 Å². The number of alkyl halides is 2. The van der Waals surface area contributed by atoms with Crippen LogP contribution in [0.4, 0.5) is 14.6 Å². The first-order valence-corrected chi connectivity index (χ1v) is 9.11. The number of benzene rings is 1. The zero-order valence-corrected chi connectivity index (χ0v) is 15.9. The number of esters is 1. The van der Waals surface area contributed by atoms with Crippen LogP contribution < -0.4 is 14.8 Å². The van der Waals surface area contributed by atoms with Crippen LogP contribution in [-0.4, -0.2) is 42.3 Å². The van der Waals surface area contributed by atoms with E-state index < -0.39 is 12.6 Å². The topological polar surface area (TPSA) is 99.9 Å². The SMILES string of the molecule is COc1cc(COC(=O)CSCC(=O)Nc2cc(C)on2)ccc1OC(F)F. The molecule has 2 rings (SSSR count). The molecule has 0 aliphatic rings. The number of rotatable bonds is 10. The minimum absolute atomic E-state index is 0.0328. The van der Waals surface area contributed by atoms with E-state index in [4.69, 9.17) is 14.0 Å². The van der Waals surface area contributed by atoms with Crippen LogP contribution in [0.5, 0.6) is 11.5 Å². The molecule has 1 aromatic heterocycles. The summed E-state index contributed by atoms with van der Waals surface area (Å²) in [6.07, 6.45) is 0. The second kappa shape index (κ2) is 10.5. The Morgan fingerprint density at radius 3 is 2.68 bits per heavy atom. The first-order valence-electron chi connectivity index (χ1n) is 7.95. The van der Waals surface area contributed by atoms with Crippen molar-refractivity contribution in [2.45, 2.75) is 20.1 Å². The Morgan fingerprint density at radius 1 is 1.25 bits per heavy atom. The van der Waals surface area contributed by atoms with Crippen LogP contribution in [0.2, 0.25) is 0 Å². The van der Waals surface area contributed by atoms with Gasteiger partial charge in [0.1, 0.15) is 12.4 Å². The molecular formula is C17H18F2N2O6S.